The number of nitrogens with zero attached hydrogens (tertiary/aromatic N) is 4. The summed E-state index contributed by atoms with van der Waals surface area (Å²) in [4.78, 5) is 63.1. The molecule has 4 amide bonds. The Labute approximate surface area is 426 Å². The average molecular weight is 1040 g/mol. The fraction of sp³-hybridized carbons (Fsp3) is 0.625. The minimum Gasteiger partial charge on any atom is -0.387 e. The summed E-state index contributed by atoms with van der Waals surface area (Å²) in [7, 11) is 0. The second-order valence-electron chi connectivity index (χ2n) is 15.9. The topological polar surface area (TPSA) is 300 Å². The summed E-state index contributed by atoms with van der Waals surface area (Å²) in [5, 5.41) is 18.0. The van der Waals surface area contributed by atoms with Gasteiger partial charge in [-0.2, -0.15) is 5.06 Å². The second kappa shape index (κ2) is 37.6. The first kappa shape index (κ1) is 60.5. The molecule has 3 aliphatic heterocycles. The number of allylic oxidation sites excluding steroid dienone is 2. The van der Waals surface area contributed by atoms with E-state index in [9.17, 15) is 24.3 Å². The Morgan fingerprint density at radius 1 is 0.740 bits per heavy atom. The first-order valence-electron chi connectivity index (χ1n) is 24.7. The van der Waals surface area contributed by atoms with Gasteiger partial charge in [-0.15, -0.1) is 0 Å². The third kappa shape index (κ3) is 25.1. The largest absolute Gasteiger partial charge is 0.387 e. The molecule has 3 aliphatic rings. The van der Waals surface area contributed by atoms with Gasteiger partial charge in [-0.25, -0.2) is 15.8 Å². The number of amides is 4. The number of quaternary nitrogens is 1. The van der Waals surface area contributed by atoms with E-state index >= 15 is 0 Å². The Morgan fingerprint density at radius 3 is 1.67 bits per heavy atom. The standard InChI is InChI=1S/C48H75N9O16/c1-3-11-57(73-4-2)48(62)37-32-41-42(53-43(49)34-37)33-38(35-52-41)39-5-6-40(55-54-39)47(61)51-10-13-64-15-17-66-19-21-68-23-25-70-27-29-72-31-30-71-28-26-69-24-22-67-20-18-65-16-14-63-12-9-50-44(58)36-56-45(59)7-8-46(56)60/h5-8,32-33,35,48,54-55,62H,3-4,9-31,34,36H2,1-2H3,(H2,49,53)(H,50,58)(H,51,61)/p+1. The third-order valence-electron chi connectivity index (χ3n) is 10.3. The zero-order chi connectivity index (χ0) is 52.1. The molecule has 0 saturated carbocycles. The number of aliphatic hydroxyl groups excluding tert-OH is 1. The van der Waals surface area contributed by atoms with E-state index in [2.05, 4.69) is 26.0 Å². The van der Waals surface area contributed by atoms with E-state index in [4.69, 9.17) is 57.9 Å². The highest BCUT2D eigenvalue weighted by molar-refractivity contribution is 6.14. The molecule has 408 valence electrons. The molecule has 73 heavy (non-hydrogen) atoms. The fourth-order valence-corrected chi connectivity index (χ4v) is 6.65. The number of aliphatic hydroxyl groups is 1. The fourth-order valence-electron chi connectivity index (χ4n) is 6.65. The van der Waals surface area contributed by atoms with Gasteiger partial charge in [0.05, 0.1) is 156 Å². The minimum atomic E-state index is -0.982. The number of nitrogens with two attached hydrogens (primary N) is 2. The molecule has 4 rings (SSSR count). The molecular formula is C48H76N9O16+. The molecule has 1 atom stereocenters. The number of aliphatic imine (C=N–C) groups is 1. The van der Waals surface area contributed by atoms with Crippen molar-refractivity contribution >= 4 is 46.9 Å². The van der Waals surface area contributed by atoms with E-state index in [-0.39, 0.29) is 32.0 Å². The SMILES string of the molecule is CCCN(OCC)C(O)C1=Cc2ncc(C3=CC=C(C(=O)NCCOCCOCCOCCOCCOCCOCCOCCOCCOCCOCCNC(=O)CN4C(=O)C=CC4=O)N[NH2+]3)cc2N=C(N)C1. The number of imide groups is 1. The van der Waals surface area contributed by atoms with Gasteiger partial charge in [-0.3, -0.25) is 33.9 Å². The number of aromatic nitrogens is 1. The summed E-state index contributed by atoms with van der Waals surface area (Å²) in [6.07, 6.45) is 9.41. The highest BCUT2D eigenvalue weighted by Crippen LogP contribution is 2.29. The lowest BCUT2D eigenvalue weighted by Gasteiger charge is -2.27. The van der Waals surface area contributed by atoms with Crippen molar-refractivity contribution in [1.29, 1.82) is 0 Å². The normalized spacial score (nSPS) is 14.9. The van der Waals surface area contributed by atoms with Gasteiger partial charge in [0, 0.05) is 50.5 Å². The molecule has 0 radical (unpaired) electrons. The van der Waals surface area contributed by atoms with Crippen LogP contribution >= 0.6 is 0 Å². The highest BCUT2D eigenvalue weighted by atomic mass is 16.7. The molecule has 4 heterocycles. The number of nitrogens with one attached hydrogen (secondary N) is 3. The predicted octanol–water partition coefficient (Wildman–Crippen LogP) is -1.53. The summed E-state index contributed by atoms with van der Waals surface area (Å²) < 4.78 is 54.9. The number of ether oxygens (including phenoxy) is 10. The molecule has 25 heteroatoms. The van der Waals surface area contributed by atoms with Crippen LogP contribution < -0.4 is 27.2 Å². The Bertz CT molecular complexity index is 1950. The smallest absolute Gasteiger partial charge is 0.272 e. The van der Waals surface area contributed by atoms with Gasteiger partial charge >= 0.3 is 0 Å². The van der Waals surface area contributed by atoms with Crippen molar-refractivity contribution in [3.05, 3.63) is 59.1 Å². The van der Waals surface area contributed by atoms with Crippen LogP contribution in [0.15, 0.2) is 52.8 Å². The van der Waals surface area contributed by atoms with Gasteiger partial charge in [0.2, 0.25) is 5.91 Å². The van der Waals surface area contributed by atoms with Crippen LogP contribution in [0.3, 0.4) is 0 Å². The predicted molar refractivity (Wildman–Crippen MR) is 264 cm³/mol. The summed E-state index contributed by atoms with van der Waals surface area (Å²) in [5.74, 6) is -1.34. The van der Waals surface area contributed by atoms with Crippen LogP contribution in [0, 0.1) is 0 Å². The van der Waals surface area contributed by atoms with Gasteiger partial charge in [-0.05, 0) is 37.1 Å². The summed E-state index contributed by atoms with van der Waals surface area (Å²) in [6.45, 7) is 13.4. The molecule has 0 aliphatic carbocycles. The zero-order valence-electron chi connectivity index (χ0n) is 42.2. The molecule has 0 aromatic carbocycles. The van der Waals surface area contributed by atoms with E-state index in [1.54, 1.807) is 28.8 Å². The molecule has 1 aromatic heterocycles. The summed E-state index contributed by atoms with van der Waals surface area (Å²) in [6, 6.07) is 1.87. The Kier molecular flexibility index (Phi) is 31.1. The van der Waals surface area contributed by atoms with Gasteiger partial charge in [0.25, 0.3) is 17.7 Å². The van der Waals surface area contributed by atoms with Gasteiger partial charge in [0.1, 0.15) is 12.4 Å². The molecule has 0 fully saturated rings. The Balaban J connectivity index is 0.852. The first-order valence-corrected chi connectivity index (χ1v) is 24.7. The number of amidine groups is 1. The minimum absolute atomic E-state index is 0.253. The maximum Gasteiger partial charge on any atom is 0.272 e. The quantitative estimate of drug-likeness (QED) is 0.0142. The average Bonchev–Trinajstić information content (AvgIpc) is 3.59. The number of carbonyl (C=O) groups is 4. The number of pyridine rings is 1. The van der Waals surface area contributed by atoms with Crippen molar-refractivity contribution in [1.82, 2.24) is 31.0 Å². The maximum atomic E-state index is 12.7. The van der Waals surface area contributed by atoms with E-state index < -0.39 is 23.9 Å². The first-order chi connectivity index (χ1) is 35.7. The van der Waals surface area contributed by atoms with E-state index in [1.165, 1.54) is 0 Å². The monoisotopic (exact) mass is 1030 g/mol. The van der Waals surface area contributed by atoms with Gasteiger partial charge in [-0.1, -0.05) is 6.92 Å². The number of hydrogen-bond acceptors (Lipinski definition) is 21. The molecule has 1 unspecified atom stereocenters. The summed E-state index contributed by atoms with van der Waals surface area (Å²) in [5.41, 5.74) is 14.8. The van der Waals surface area contributed by atoms with Crippen LogP contribution in [0.1, 0.15) is 37.9 Å². The number of fused-ring (bicyclic) bond motifs is 1. The molecule has 8 N–H and O–H groups in total. The third-order valence-corrected chi connectivity index (χ3v) is 10.3. The van der Waals surface area contributed by atoms with E-state index in [0.29, 0.717) is 174 Å². The van der Waals surface area contributed by atoms with Crippen molar-refractivity contribution in [3.63, 3.8) is 0 Å². The van der Waals surface area contributed by atoms with Gasteiger partial charge < -0.3 is 68.8 Å². The van der Waals surface area contributed by atoms with Gasteiger partial charge in [0.15, 0.2) is 17.6 Å². The number of rotatable bonds is 43. The lowest BCUT2D eigenvalue weighted by molar-refractivity contribution is -0.618. The van der Waals surface area contributed by atoms with E-state index in [1.807, 2.05) is 26.0 Å². The number of carbonyl (C=O) groups excluding carboxylic acids is 4. The molecule has 0 bridgehead atoms. The lowest BCUT2D eigenvalue weighted by Crippen LogP contribution is -2.91. The van der Waals surface area contributed by atoms with Crippen LogP contribution in [-0.2, 0) is 71.4 Å². The van der Waals surface area contributed by atoms with Crippen LogP contribution in [0.25, 0.3) is 11.8 Å². The molecular weight excluding hydrogens is 959 g/mol. The lowest BCUT2D eigenvalue weighted by atomic mass is 10.1. The number of hydrogen-bond donors (Lipinski definition) is 6. The van der Waals surface area contributed by atoms with Crippen LogP contribution in [0.2, 0.25) is 0 Å². The van der Waals surface area contributed by atoms with Crippen LogP contribution in [-0.4, -0.2) is 221 Å². The molecule has 0 spiro atoms. The molecule has 25 nitrogen and oxygen atoms in total. The van der Waals surface area contributed by atoms with Crippen molar-refractivity contribution in [2.45, 2.75) is 32.9 Å². The summed E-state index contributed by atoms with van der Waals surface area (Å²) >= 11 is 0. The van der Waals surface area contributed by atoms with Crippen LogP contribution in [0.5, 0.6) is 0 Å². The van der Waals surface area contributed by atoms with Crippen molar-refractivity contribution in [2.75, 3.05) is 165 Å². The molecule has 1 aromatic rings. The maximum absolute atomic E-state index is 12.7. The number of hydroxylamine groups is 2. The molecule has 0 saturated heterocycles. The van der Waals surface area contributed by atoms with Crippen molar-refractivity contribution in [2.24, 2.45) is 10.7 Å². The Morgan fingerprint density at radius 2 is 1.22 bits per heavy atom. The van der Waals surface area contributed by atoms with E-state index in [0.717, 1.165) is 34.7 Å². The Hall–Kier alpha value is -5.10. The highest BCUT2D eigenvalue weighted by Gasteiger charge is 2.26. The van der Waals surface area contributed by atoms with Crippen molar-refractivity contribution < 1.29 is 81.9 Å². The zero-order valence-corrected chi connectivity index (χ0v) is 42.2. The second-order valence-corrected chi connectivity index (χ2v) is 15.9. The van der Waals surface area contributed by atoms with Crippen molar-refractivity contribution in [3.8, 4) is 0 Å². The van der Waals surface area contributed by atoms with Crippen LogP contribution in [0.4, 0.5) is 5.69 Å².